The number of hydrogen-bond acceptors (Lipinski definition) is 8. The van der Waals surface area contributed by atoms with Gasteiger partial charge < -0.3 is 39.7 Å². The monoisotopic (exact) mass is 646 g/mol. The lowest BCUT2D eigenvalue weighted by Gasteiger charge is -2.45. The maximum atomic E-state index is 13.4. The molecule has 1 aromatic rings. The van der Waals surface area contributed by atoms with E-state index in [-0.39, 0.29) is 50.6 Å². The van der Waals surface area contributed by atoms with Crippen molar-refractivity contribution >= 4 is 34.4 Å². The average Bonchev–Trinajstić information content (AvgIpc) is 2.93. The summed E-state index contributed by atoms with van der Waals surface area (Å²) in [7, 11) is 1.49. The van der Waals surface area contributed by atoms with Crippen molar-refractivity contribution in [3.8, 4) is 11.5 Å². The predicted octanol–water partition coefficient (Wildman–Crippen LogP) is 1.91. The van der Waals surface area contributed by atoms with Crippen LogP contribution in [0.3, 0.4) is 0 Å². The Morgan fingerprint density at radius 1 is 1.18 bits per heavy atom. The summed E-state index contributed by atoms with van der Waals surface area (Å²) in [5.74, 6) is 0.137. The number of ether oxygens (including phenoxy) is 3. The highest BCUT2D eigenvalue weighted by molar-refractivity contribution is 14.1. The SMILES string of the molecule is CCOCC(=O)N(C1CCCCC1)C1CC(C(=O)NCCO)=CC(Oc2c(I)cc(CO)cc2OC)C1O. The summed E-state index contributed by atoms with van der Waals surface area (Å²) in [4.78, 5) is 28.2. The van der Waals surface area contributed by atoms with Crippen LogP contribution in [-0.2, 0) is 20.9 Å². The molecule has 2 aliphatic carbocycles. The van der Waals surface area contributed by atoms with Crippen LogP contribution in [0.2, 0.25) is 0 Å². The van der Waals surface area contributed by atoms with Gasteiger partial charge in [0.1, 0.15) is 18.8 Å². The van der Waals surface area contributed by atoms with Gasteiger partial charge in [0, 0.05) is 31.2 Å². The van der Waals surface area contributed by atoms with Gasteiger partial charge in [-0.1, -0.05) is 19.3 Å². The van der Waals surface area contributed by atoms with Crippen LogP contribution in [0.15, 0.2) is 23.8 Å². The summed E-state index contributed by atoms with van der Waals surface area (Å²) >= 11 is 2.07. The first-order chi connectivity index (χ1) is 18.3. The van der Waals surface area contributed by atoms with Crippen LogP contribution >= 0.6 is 22.6 Å². The van der Waals surface area contributed by atoms with Crippen molar-refractivity contribution in [2.45, 2.75) is 76.3 Å². The summed E-state index contributed by atoms with van der Waals surface area (Å²) in [5, 5.41) is 33.1. The summed E-state index contributed by atoms with van der Waals surface area (Å²) in [6.07, 6.45) is 4.33. The van der Waals surface area contributed by atoms with Gasteiger partial charge in [0.25, 0.3) is 0 Å². The first-order valence-corrected chi connectivity index (χ1v) is 14.2. The summed E-state index contributed by atoms with van der Waals surface area (Å²) in [5.41, 5.74) is 1.01. The Hall–Kier alpha value is -1.93. The number of nitrogens with one attached hydrogen (secondary N) is 1. The molecule has 0 aliphatic heterocycles. The van der Waals surface area contributed by atoms with Crippen molar-refractivity contribution in [3.63, 3.8) is 0 Å². The number of benzene rings is 1. The molecule has 1 saturated carbocycles. The lowest BCUT2D eigenvalue weighted by atomic mass is 9.85. The fourth-order valence-corrected chi connectivity index (χ4v) is 5.94. The van der Waals surface area contributed by atoms with Crippen LogP contribution < -0.4 is 14.8 Å². The highest BCUT2D eigenvalue weighted by Crippen LogP contribution is 2.38. The molecule has 1 aromatic carbocycles. The second-order valence-corrected chi connectivity index (χ2v) is 10.7. The third-order valence-electron chi connectivity index (χ3n) is 6.98. The minimum atomic E-state index is -1.13. The third kappa shape index (κ3) is 7.59. The van der Waals surface area contributed by atoms with Crippen LogP contribution in [-0.4, -0.2) is 89.8 Å². The van der Waals surface area contributed by atoms with Crippen molar-refractivity contribution in [3.05, 3.63) is 32.9 Å². The van der Waals surface area contributed by atoms with Crippen molar-refractivity contribution in [1.82, 2.24) is 10.2 Å². The zero-order valence-electron chi connectivity index (χ0n) is 22.0. The van der Waals surface area contributed by atoms with E-state index in [1.165, 1.54) is 7.11 Å². The van der Waals surface area contributed by atoms with Gasteiger partial charge in [-0.25, -0.2) is 0 Å². The minimum Gasteiger partial charge on any atom is -0.493 e. The van der Waals surface area contributed by atoms with E-state index in [1.54, 1.807) is 23.1 Å². The normalized spacial score (nSPS) is 21.9. The molecule has 11 heteroatoms. The fraction of sp³-hybridized carbons (Fsp3) is 0.630. The Balaban J connectivity index is 2.00. The third-order valence-corrected chi connectivity index (χ3v) is 7.78. The van der Waals surface area contributed by atoms with E-state index in [1.807, 2.05) is 6.92 Å². The zero-order valence-corrected chi connectivity index (χ0v) is 24.2. The van der Waals surface area contributed by atoms with Crippen LogP contribution in [0.1, 0.15) is 51.0 Å². The molecule has 212 valence electrons. The molecule has 0 saturated heterocycles. The number of aliphatic hydroxyl groups is 3. The lowest BCUT2D eigenvalue weighted by Crippen LogP contribution is -2.59. The van der Waals surface area contributed by atoms with E-state index in [9.17, 15) is 24.9 Å². The van der Waals surface area contributed by atoms with Crippen molar-refractivity contribution in [2.75, 3.05) is 33.5 Å². The van der Waals surface area contributed by atoms with E-state index in [0.29, 0.717) is 32.8 Å². The molecular formula is C27H39IN2O8. The van der Waals surface area contributed by atoms with E-state index in [4.69, 9.17) is 14.2 Å². The van der Waals surface area contributed by atoms with Crippen molar-refractivity contribution in [1.29, 1.82) is 0 Å². The molecule has 1 fully saturated rings. The maximum absolute atomic E-state index is 13.4. The van der Waals surface area contributed by atoms with E-state index in [2.05, 4.69) is 27.9 Å². The molecule has 3 unspecified atom stereocenters. The highest BCUT2D eigenvalue weighted by Gasteiger charge is 2.43. The van der Waals surface area contributed by atoms with Gasteiger partial charge in [0.15, 0.2) is 11.5 Å². The molecule has 0 bridgehead atoms. The molecule has 2 amide bonds. The van der Waals surface area contributed by atoms with E-state index >= 15 is 0 Å². The van der Waals surface area contributed by atoms with Crippen LogP contribution in [0.4, 0.5) is 0 Å². The van der Waals surface area contributed by atoms with Gasteiger partial charge in [0.2, 0.25) is 11.8 Å². The number of hydrogen-bond donors (Lipinski definition) is 4. The summed E-state index contributed by atoms with van der Waals surface area (Å²) in [6, 6.07) is 2.62. The first kappa shape index (κ1) is 30.6. The number of amides is 2. The van der Waals surface area contributed by atoms with E-state index < -0.39 is 18.2 Å². The number of carbonyl (C=O) groups is 2. The molecule has 38 heavy (non-hydrogen) atoms. The molecular weight excluding hydrogens is 607 g/mol. The molecule has 2 aliphatic rings. The van der Waals surface area contributed by atoms with Gasteiger partial charge in [-0.2, -0.15) is 0 Å². The highest BCUT2D eigenvalue weighted by atomic mass is 127. The predicted molar refractivity (Wildman–Crippen MR) is 149 cm³/mol. The Bertz CT molecular complexity index is 982. The topological polar surface area (TPSA) is 138 Å². The number of aliphatic hydroxyl groups excluding tert-OH is 3. The maximum Gasteiger partial charge on any atom is 0.249 e. The Morgan fingerprint density at radius 2 is 1.92 bits per heavy atom. The summed E-state index contributed by atoms with van der Waals surface area (Å²) < 4.78 is 17.9. The smallest absolute Gasteiger partial charge is 0.249 e. The van der Waals surface area contributed by atoms with Gasteiger partial charge in [-0.15, -0.1) is 0 Å². The first-order valence-electron chi connectivity index (χ1n) is 13.1. The van der Waals surface area contributed by atoms with Crippen molar-refractivity contribution in [2.24, 2.45) is 0 Å². The van der Waals surface area contributed by atoms with Crippen LogP contribution in [0.25, 0.3) is 0 Å². The number of methoxy groups -OCH3 is 1. The minimum absolute atomic E-state index is 0.0737. The van der Waals surface area contributed by atoms with Gasteiger partial charge >= 0.3 is 0 Å². The Morgan fingerprint density at radius 3 is 2.55 bits per heavy atom. The standard InChI is InChI=1S/C27H39IN2O8/c1-3-37-16-24(33)30(19-7-5-4-6-8-19)21-13-18(27(35)29-9-10-31)14-22(25(21)34)38-26-20(28)11-17(15-32)12-23(26)36-2/h11-12,14,19,21-22,25,31-32,34H,3-10,13,15-16H2,1-2H3,(H,29,35). The zero-order chi connectivity index (χ0) is 27.7. The largest absolute Gasteiger partial charge is 0.493 e. The number of nitrogens with zero attached hydrogens (tertiary/aromatic N) is 1. The fourth-order valence-electron chi connectivity index (χ4n) is 5.15. The van der Waals surface area contributed by atoms with Crippen LogP contribution in [0, 0.1) is 3.57 Å². The van der Waals surface area contributed by atoms with Crippen molar-refractivity contribution < 1.29 is 39.1 Å². The van der Waals surface area contributed by atoms with Gasteiger partial charge in [-0.3, -0.25) is 9.59 Å². The lowest BCUT2D eigenvalue weighted by molar-refractivity contribution is -0.147. The molecule has 0 heterocycles. The molecule has 0 aromatic heterocycles. The molecule has 0 radical (unpaired) electrons. The molecule has 3 rings (SSSR count). The Labute approximate surface area is 237 Å². The van der Waals surface area contributed by atoms with E-state index in [0.717, 1.165) is 32.1 Å². The number of rotatable bonds is 12. The van der Waals surface area contributed by atoms with Crippen LogP contribution in [0.5, 0.6) is 11.5 Å². The molecule has 4 N–H and O–H groups in total. The number of halogens is 1. The molecule has 0 spiro atoms. The molecule has 10 nitrogen and oxygen atoms in total. The van der Waals surface area contributed by atoms with Gasteiger partial charge in [-0.05, 0) is 66.1 Å². The quantitative estimate of drug-likeness (QED) is 0.253. The Kier molecular flexibility index (Phi) is 12.1. The number of carbonyl (C=O) groups excluding carboxylic acids is 2. The van der Waals surface area contributed by atoms with Gasteiger partial charge in [0.05, 0.1) is 29.9 Å². The molecule has 3 atom stereocenters. The summed E-state index contributed by atoms with van der Waals surface area (Å²) in [6.45, 7) is 1.80. The second-order valence-electron chi connectivity index (χ2n) is 9.51. The second kappa shape index (κ2) is 15.0. The average molecular weight is 647 g/mol.